The largest absolute Gasteiger partial charge is 0.454 e. The van der Waals surface area contributed by atoms with Crippen LogP contribution < -0.4 is 0 Å². The second-order valence-electron chi connectivity index (χ2n) is 12.6. The highest BCUT2D eigenvalue weighted by Gasteiger charge is 2.28. The van der Waals surface area contributed by atoms with E-state index in [1.807, 2.05) is 42.5 Å². The topological polar surface area (TPSA) is 49.8 Å². The van der Waals surface area contributed by atoms with E-state index in [-0.39, 0.29) is 0 Å². The van der Waals surface area contributed by atoms with Crippen molar-refractivity contribution in [2.24, 2.45) is 0 Å². The Kier molecular flexibility index (Phi) is 5.70. The number of fused-ring (bicyclic) bond motifs is 9. The van der Waals surface area contributed by atoms with E-state index in [9.17, 15) is 5.26 Å². The fraction of sp³-hybridized carbons (Fsp3) is 0.0222. The third kappa shape index (κ3) is 3.97. The summed E-state index contributed by atoms with van der Waals surface area (Å²) in [7, 11) is 0. The average Bonchev–Trinajstić information content (AvgIpc) is 3.71. The summed E-state index contributed by atoms with van der Waals surface area (Å²) < 4.78 is 6.71. The third-order valence-corrected chi connectivity index (χ3v) is 9.90. The summed E-state index contributed by atoms with van der Waals surface area (Å²) in [4.78, 5) is 5.30. The summed E-state index contributed by atoms with van der Waals surface area (Å²) in [6.07, 6.45) is 0.788. The highest BCUT2D eigenvalue weighted by molar-refractivity contribution is 6.15. The Hall–Kier alpha value is -6.50. The van der Waals surface area contributed by atoms with Gasteiger partial charge in [0.15, 0.2) is 5.58 Å². The molecule has 222 valence electrons. The van der Waals surface area contributed by atoms with Gasteiger partial charge in [-0.1, -0.05) is 97.1 Å². The van der Waals surface area contributed by atoms with Crippen molar-refractivity contribution in [3.8, 4) is 50.7 Å². The van der Waals surface area contributed by atoms with Crippen LogP contribution in [-0.4, -0.2) is 4.98 Å². The molecule has 0 bridgehead atoms. The van der Waals surface area contributed by atoms with Crippen molar-refractivity contribution in [2.45, 2.75) is 6.42 Å². The van der Waals surface area contributed by atoms with Crippen LogP contribution in [0.4, 0.5) is 0 Å². The van der Waals surface area contributed by atoms with Crippen molar-refractivity contribution in [1.29, 1.82) is 5.26 Å². The van der Waals surface area contributed by atoms with Gasteiger partial charge in [0.25, 0.3) is 0 Å². The fourth-order valence-electron chi connectivity index (χ4n) is 7.67. The smallest absolute Gasteiger partial charge is 0.162 e. The van der Waals surface area contributed by atoms with Crippen LogP contribution >= 0.6 is 0 Å². The van der Waals surface area contributed by atoms with Crippen LogP contribution in [0.5, 0.6) is 0 Å². The molecule has 0 radical (unpaired) electrons. The molecule has 3 nitrogen and oxygen atoms in total. The van der Waals surface area contributed by atoms with Crippen molar-refractivity contribution in [3.63, 3.8) is 0 Å². The molecule has 0 aliphatic heterocycles. The minimum absolute atomic E-state index is 0.643. The molecular formula is C45H26N2O. The summed E-state index contributed by atoms with van der Waals surface area (Å²) in [5.41, 5.74) is 14.5. The van der Waals surface area contributed by atoms with Crippen molar-refractivity contribution in [1.82, 2.24) is 4.98 Å². The molecule has 48 heavy (non-hydrogen) atoms. The molecular weight excluding hydrogens is 585 g/mol. The van der Waals surface area contributed by atoms with Crippen molar-refractivity contribution < 1.29 is 4.42 Å². The molecule has 0 amide bonds. The Morgan fingerprint density at radius 1 is 0.562 bits per heavy atom. The lowest BCUT2D eigenvalue weighted by atomic mass is 9.88. The van der Waals surface area contributed by atoms with E-state index in [1.54, 1.807) is 0 Å². The van der Waals surface area contributed by atoms with Gasteiger partial charge in [-0.3, -0.25) is 0 Å². The molecule has 9 aromatic rings. The van der Waals surface area contributed by atoms with Gasteiger partial charge in [-0.15, -0.1) is 0 Å². The molecule has 1 aliphatic carbocycles. The van der Waals surface area contributed by atoms with Crippen LogP contribution in [0.15, 0.2) is 150 Å². The van der Waals surface area contributed by atoms with E-state index in [4.69, 9.17) is 9.40 Å². The third-order valence-electron chi connectivity index (χ3n) is 9.90. The van der Waals surface area contributed by atoms with Gasteiger partial charge in [-0.25, -0.2) is 4.98 Å². The number of hydrogen-bond acceptors (Lipinski definition) is 3. The van der Waals surface area contributed by atoms with Gasteiger partial charge in [0.2, 0.25) is 0 Å². The molecule has 0 atom stereocenters. The Morgan fingerprint density at radius 3 is 2.10 bits per heavy atom. The second kappa shape index (κ2) is 10.3. The molecule has 0 N–H and O–H groups in total. The molecule has 0 saturated carbocycles. The number of nitriles is 1. The predicted octanol–water partition coefficient (Wildman–Crippen LogP) is 11.7. The summed E-state index contributed by atoms with van der Waals surface area (Å²) >= 11 is 0. The maximum atomic E-state index is 9.53. The summed E-state index contributed by atoms with van der Waals surface area (Å²) in [6.45, 7) is 0. The van der Waals surface area contributed by atoms with Crippen LogP contribution in [0, 0.1) is 11.3 Å². The number of para-hydroxylation sites is 1. The summed E-state index contributed by atoms with van der Waals surface area (Å²) in [5, 5.41) is 15.4. The zero-order chi connectivity index (χ0) is 31.8. The highest BCUT2D eigenvalue weighted by Crippen LogP contribution is 2.48. The number of furan rings is 1. The maximum absolute atomic E-state index is 9.53. The first-order valence-electron chi connectivity index (χ1n) is 16.2. The minimum atomic E-state index is 0.643. The summed E-state index contributed by atoms with van der Waals surface area (Å²) in [6, 6.07) is 53.5. The molecule has 0 spiro atoms. The SMILES string of the molecule is N#Cc1ccc(-c2cc(-c3cc4ccccc4c4ccccc34)cc(-c3c4c(nc5c3oc3ccccc35)-c3ccccc3C4)c2)cc1. The quantitative estimate of drug-likeness (QED) is 0.187. The van der Waals surface area contributed by atoms with Crippen LogP contribution in [0.1, 0.15) is 16.7 Å². The van der Waals surface area contributed by atoms with Crippen molar-refractivity contribution >= 4 is 43.6 Å². The van der Waals surface area contributed by atoms with E-state index in [0.29, 0.717) is 5.56 Å². The first-order valence-corrected chi connectivity index (χ1v) is 16.2. The van der Waals surface area contributed by atoms with Gasteiger partial charge in [0, 0.05) is 22.9 Å². The number of hydrogen-bond donors (Lipinski definition) is 0. The lowest BCUT2D eigenvalue weighted by Gasteiger charge is -2.16. The first-order chi connectivity index (χ1) is 23.7. The molecule has 10 rings (SSSR count). The lowest BCUT2D eigenvalue weighted by molar-refractivity contribution is 0.669. The van der Waals surface area contributed by atoms with Gasteiger partial charge < -0.3 is 4.42 Å². The van der Waals surface area contributed by atoms with Crippen LogP contribution in [0.3, 0.4) is 0 Å². The van der Waals surface area contributed by atoms with E-state index >= 15 is 0 Å². The molecule has 2 heterocycles. The van der Waals surface area contributed by atoms with E-state index < -0.39 is 0 Å². The van der Waals surface area contributed by atoms with Gasteiger partial charge in [0.05, 0.1) is 17.3 Å². The molecule has 0 saturated heterocycles. The number of benzene rings is 7. The summed E-state index contributed by atoms with van der Waals surface area (Å²) in [5.74, 6) is 0. The van der Waals surface area contributed by atoms with E-state index in [2.05, 4.69) is 109 Å². The Bertz CT molecular complexity index is 2820. The molecule has 0 unspecified atom stereocenters. The normalized spacial score (nSPS) is 12.1. The van der Waals surface area contributed by atoms with E-state index in [1.165, 1.54) is 43.8 Å². The number of pyridine rings is 1. The Balaban J connectivity index is 1.32. The van der Waals surface area contributed by atoms with Gasteiger partial charge >= 0.3 is 0 Å². The van der Waals surface area contributed by atoms with Crippen molar-refractivity contribution in [2.75, 3.05) is 0 Å². The van der Waals surface area contributed by atoms with Gasteiger partial charge in [-0.05, 0) is 109 Å². The van der Waals surface area contributed by atoms with Crippen LogP contribution in [0.25, 0.3) is 88.3 Å². The highest BCUT2D eigenvalue weighted by atomic mass is 16.3. The predicted molar refractivity (Wildman–Crippen MR) is 196 cm³/mol. The monoisotopic (exact) mass is 610 g/mol. The molecule has 3 heteroatoms. The Labute approximate surface area is 277 Å². The Morgan fingerprint density at radius 2 is 1.25 bits per heavy atom. The zero-order valence-electron chi connectivity index (χ0n) is 25.9. The van der Waals surface area contributed by atoms with E-state index in [0.717, 1.165) is 62.0 Å². The lowest BCUT2D eigenvalue weighted by Crippen LogP contribution is -1.94. The maximum Gasteiger partial charge on any atom is 0.162 e. The van der Waals surface area contributed by atoms with Crippen LogP contribution in [0.2, 0.25) is 0 Å². The second-order valence-corrected chi connectivity index (χ2v) is 12.6. The molecule has 2 aromatic heterocycles. The minimum Gasteiger partial charge on any atom is -0.454 e. The zero-order valence-corrected chi connectivity index (χ0v) is 25.9. The average molecular weight is 611 g/mol. The van der Waals surface area contributed by atoms with Crippen molar-refractivity contribution in [3.05, 3.63) is 162 Å². The fourth-order valence-corrected chi connectivity index (χ4v) is 7.67. The number of nitrogens with zero attached hydrogens (tertiary/aromatic N) is 2. The van der Waals surface area contributed by atoms with Gasteiger partial charge in [-0.2, -0.15) is 5.26 Å². The first kappa shape index (κ1) is 26.7. The molecule has 7 aromatic carbocycles. The van der Waals surface area contributed by atoms with Gasteiger partial charge in [0.1, 0.15) is 11.1 Å². The molecule has 1 aliphatic rings. The standard InChI is InChI=1S/C45H26N2O/c46-26-27-17-19-28(20-18-27)31-21-32(39-24-29-9-1-3-11-34(29)36-13-5-6-14-37(36)39)23-33(22-31)42-40-25-30-10-2-4-12-35(30)43(40)47-44-38-15-7-8-16-41(38)48-45(42)44/h1-24H,25H2. The molecule has 0 fully saturated rings. The number of aromatic nitrogens is 1. The number of rotatable bonds is 3. The van der Waals surface area contributed by atoms with Crippen LogP contribution in [-0.2, 0) is 6.42 Å².